The molecule has 0 saturated carbocycles. The Hall–Kier alpha value is -3.09. The maximum atomic E-state index is 13.4. The first-order valence-corrected chi connectivity index (χ1v) is 37.0. The lowest BCUT2D eigenvalue weighted by Crippen LogP contribution is -2.65. The van der Waals surface area contributed by atoms with Crippen molar-refractivity contribution in [2.75, 3.05) is 19.8 Å². The molecule has 0 aromatic rings. The van der Waals surface area contributed by atoms with Crippen molar-refractivity contribution in [1.29, 1.82) is 0 Å². The van der Waals surface area contributed by atoms with E-state index >= 15 is 0 Å². The third kappa shape index (κ3) is 44.3. The zero-order valence-electron chi connectivity index (χ0n) is 57.3. The molecular weight excluding hydrogens is 1150 g/mol. The average molecular weight is 1280 g/mol. The summed E-state index contributed by atoms with van der Waals surface area (Å²) in [4.78, 5) is 13.4. The second-order valence-electron chi connectivity index (χ2n) is 25.7. The molecule has 12 atom stereocenters. The molecule has 2 aliphatic heterocycles. The van der Waals surface area contributed by atoms with Gasteiger partial charge in [-0.25, -0.2) is 0 Å². The maximum Gasteiger partial charge on any atom is 0.220 e. The summed E-state index contributed by atoms with van der Waals surface area (Å²) in [5.41, 5.74) is 0. The molecule has 2 rings (SSSR count). The fourth-order valence-electron chi connectivity index (χ4n) is 11.7. The smallest absolute Gasteiger partial charge is 0.220 e. The fraction of sp³-hybridized carbons (Fsp3) is 0.779. The van der Waals surface area contributed by atoms with Gasteiger partial charge >= 0.3 is 0 Å². The van der Waals surface area contributed by atoms with Crippen molar-refractivity contribution in [3.63, 3.8) is 0 Å². The van der Waals surface area contributed by atoms with Gasteiger partial charge in [0.05, 0.1) is 32.0 Å². The predicted molar refractivity (Wildman–Crippen MR) is 373 cm³/mol. The number of nitrogens with one attached hydrogen (secondary N) is 1. The summed E-state index contributed by atoms with van der Waals surface area (Å²) in [6.07, 6.45) is 68.5. The van der Waals surface area contributed by atoms with E-state index in [1.165, 1.54) is 154 Å². The Morgan fingerprint density at radius 3 is 1.16 bits per heavy atom. The van der Waals surface area contributed by atoms with Gasteiger partial charge in [-0.2, -0.15) is 0 Å². The van der Waals surface area contributed by atoms with E-state index in [-0.39, 0.29) is 12.5 Å². The van der Waals surface area contributed by atoms with E-state index in [1.807, 2.05) is 0 Å². The van der Waals surface area contributed by atoms with Gasteiger partial charge < -0.3 is 65.1 Å². The first-order valence-electron chi connectivity index (χ1n) is 37.0. The van der Waals surface area contributed by atoms with E-state index in [2.05, 4.69) is 116 Å². The fourth-order valence-corrected chi connectivity index (χ4v) is 11.7. The summed E-state index contributed by atoms with van der Waals surface area (Å²) < 4.78 is 22.9. The normalized spacial score (nSPS) is 23.4. The number of allylic oxidation sites excluding steroid dienone is 16. The molecule has 14 nitrogen and oxygen atoms in total. The first-order chi connectivity index (χ1) is 44.6. The molecule has 526 valence electrons. The molecule has 0 radical (unpaired) electrons. The van der Waals surface area contributed by atoms with E-state index in [0.717, 1.165) is 109 Å². The van der Waals surface area contributed by atoms with Crippen LogP contribution in [-0.2, 0) is 23.7 Å². The Balaban J connectivity index is 1.63. The molecule has 0 aliphatic carbocycles. The van der Waals surface area contributed by atoms with Crippen molar-refractivity contribution in [1.82, 2.24) is 5.32 Å². The third-order valence-corrected chi connectivity index (χ3v) is 17.6. The minimum Gasteiger partial charge on any atom is -0.394 e. The molecular formula is C77H135NO13. The van der Waals surface area contributed by atoms with E-state index in [0.29, 0.717) is 12.8 Å². The first kappa shape index (κ1) is 84.0. The molecule has 0 aromatic heterocycles. The molecule has 0 aromatic carbocycles. The lowest BCUT2D eigenvalue weighted by molar-refractivity contribution is -0.359. The van der Waals surface area contributed by atoms with E-state index in [9.17, 15) is 45.6 Å². The third-order valence-electron chi connectivity index (χ3n) is 17.6. The zero-order chi connectivity index (χ0) is 65.9. The number of aliphatic hydroxyl groups excluding tert-OH is 8. The SMILES string of the molecule is CC/C=C\C/C=C\C/C=C\C/C=C\C/C=C\C/C=C\C/C=C\C/C=C\CCCCCCCCCCCCCCC(=O)NC(COC1OC(CO)C(OC2OC(CO)C(O)C(O)C2O)C(O)C1O)C(O)CCCCCCCCCCCCCCCCCCCCCC. The molecule has 9 N–H and O–H groups in total. The zero-order valence-corrected chi connectivity index (χ0v) is 57.3. The molecule has 2 aliphatic rings. The van der Waals surface area contributed by atoms with Crippen LogP contribution in [0, 0.1) is 0 Å². The highest BCUT2D eigenvalue weighted by Crippen LogP contribution is 2.30. The van der Waals surface area contributed by atoms with Crippen molar-refractivity contribution in [2.24, 2.45) is 0 Å². The second-order valence-corrected chi connectivity index (χ2v) is 25.7. The Bertz CT molecular complexity index is 1900. The summed E-state index contributed by atoms with van der Waals surface area (Å²) in [5, 5.41) is 87.7. The van der Waals surface area contributed by atoms with Gasteiger partial charge in [-0.1, -0.05) is 304 Å². The second kappa shape index (κ2) is 60.6. The monoisotopic (exact) mass is 1280 g/mol. The lowest BCUT2D eigenvalue weighted by atomic mass is 9.97. The van der Waals surface area contributed by atoms with Crippen LogP contribution in [0.3, 0.4) is 0 Å². The number of ether oxygens (including phenoxy) is 4. The van der Waals surface area contributed by atoms with Crippen molar-refractivity contribution in [2.45, 2.75) is 364 Å². The number of amides is 1. The number of rotatable bonds is 60. The Labute approximate surface area is 553 Å². The van der Waals surface area contributed by atoms with E-state index in [4.69, 9.17) is 18.9 Å². The standard InChI is InChI=1S/C77H135NO13/c1-3-5-7-9-11-13-15-17-19-21-23-25-26-27-28-29-30-31-32-33-34-35-36-37-38-39-40-41-43-45-47-49-51-53-55-57-59-61-69(82)78-65(66(81)60-58-56-54-52-50-48-46-44-42-24-22-20-18-16-14-12-10-8-6-4-2)64-88-76-74(87)72(85)75(68(63-80)90-76)91-77-73(86)71(84)70(83)67(62-79)89-77/h5,7,11,13,17,19,23,25,27-28,30-31,33-34,36-37,65-68,70-77,79-81,83-87H,3-4,6,8-10,12,14-16,18,20-22,24,26,29,32,35,38-64H2,1-2H3,(H,78,82)/b7-5-,13-11-,19-17-,25-23-,28-27-,31-30-,34-33-,37-36-. The summed E-state index contributed by atoms with van der Waals surface area (Å²) >= 11 is 0. The number of carbonyl (C=O) groups is 1. The van der Waals surface area contributed by atoms with Crippen LogP contribution in [-0.4, -0.2) is 140 Å². The molecule has 14 heteroatoms. The Morgan fingerprint density at radius 2 is 0.758 bits per heavy atom. The predicted octanol–water partition coefficient (Wildman–Crippen LogP) is 15.7. The van der Waals surface area contributed by atoms with Crippen molar-refractivity contribution in [3.05, 3.63) is 97.2 Å². The van der Waals surface area contributed by atoms with Crippen LogP contribution < -0.4 is 5.32 Å². The maximum absolute atomic E-state index is 13.4. The Morgan fingerprint density at radius 1 is 0.407 bits per heavy atom. The quantitative estimate of drug-likeness (QED) is 0.0204. The molecule has 0 spiro atoms. The Kier molecular flexibility index (Phi) is 55.9. The molecule has 1 amide bonds. The molecule has 2 fully saturated rings. The van der Waals surface area contributed by atoms with E-state index in [1.54, 1.807) is 0 Å². The number of aliphatic hydroxyl groups is 8. The summed E-state index contributed by atoms with van der Waals surface area (Å²) in [6.45, 7) is 2.77. The molecule has 2 heterocycles. The van der Waals surface area contributed by atoms with Crippen LogP contribution in [0.15, 0.2) is 97.2 Å². The van der Waals surface area contributed by atoms with Gasteiger partial charge in [-0.05, 0) is 77.0 Å². The molecule has 12 unspecified atom stereocenters. The van der Waals surface area contributed by atoms with Gasteiger partial charge in [0.25, 0.3) is 0 Å². The van der Waals surface area contributed by atoms with Gasteiger partial charge in [0.2, 0.25) is 5.91 Å². The highest BCUT2D eigenvalue weighted by Gasteiger charge is 2.51. The van der Waals surface area contributed by atoms with Crippen LogP contribution in [0.25, 0.3) is 0 Å². The number of carbonyl (C=O) groups excluding carboxylic acids is 1. The number of hydrogen-bond acceptors (Lipinski definition) is 13. The van der Waals surface area contributed by atoms with Gasteiger partial charge in [0.15, 0.2) is 12.6 Å². The molecule has 91 heavy (non-hydrogen) atoms. The highest BCUT2D eigenvalue weighted by atomic mass is 16.7. The molecule has 0 bridgehead atoms. The van der Waals surface area contributed by atoms with Crippen LogP contribution in [0.5, 0.6) is 0 Å². The van der Waals surface area contributed by atoms with Crippen LogP contribution in [0.4, 0.5) is 0 Å². The largest absolute Gasteiger partial charge is 0.394 e. The minimum atomic E-state index is -1.79. The minimum absolute atomic E-state index is 0.209. The van der Waals surface area contributed by atoms with Crippen LogP contribution in [0.2, 0.25) is 0 Å². The van der Waals surface area contributed by atoms with Crippen molar-refractivity contribution < 1.29 is 64.6 Å². The lowest BCUT2D eigenvalue weighted by Gasteiger charge is -2.46. The number of unbranched alkanes of at least 4 members (excludes halogenated alkanes) is 31. The van der Waals surface area contributed by atoms with Crippen LogP contribution in [0.1, 0.15) is 290 Å². The summed E-state index contributed by atoms with van der Waals surface area (Å²) in [6, 6.07) is -0.836. The topological polar surface area (TPSA) is 228 Å². The average Bonchev–Trinajstić information content (AvgIpc) is 1.04. The van der Waals surface area contributed by atoms with Gasteiger partial charge in [-0.3, -0.25) is 4.79 Å². The summed E-state index contributed by atoms with van der Waals surface area (Å²) in [7, 11) is 0. The summed E-state index contributed by atoms with van der Waals surface area (Å²) in [5.74, 6) is -0.209. The van der Waals surface area contributed by atoms with Crippen LogP contribution >= 0.6 is 0 Å². The van der Waals surface area contributed by atoms with E-state index < -0.39 is 86.8 Å². The highest BCUT2D eigenvalue weighted by molar-refractivity contribution is 5.76. The van der Waals surface area contributed by atoms with Crippen molar-refractivity contribution >= 4 is 5.91 Å². The van der Waals surface area contributed by atoms with Gasteiger partial charge in [0, 0.05) is 6.42 Å². The van der Waals surface area contributed by atoms with Gasteiger partial charge in [-0.15, -0.1) is 0 Å². The van der Waals surface area contributed by atoms with Crippen molar-refractivity contribution in [3.8, 4) is 0 Å². The number of hydrogen-bond donors (Lipinski definition) is 9. The van der Waals surface area contributed by atoms with Gasteiger partial charge in [0.1, 0.15) is 48.8 Å². The molecule has 2 saturated heterocycles.